The van der Waals surface area contributed by atoms with E-state index < -0.39 is 23.5 Å². The van der Waals surface area contributed by atoms with Crippen molar-refractivity contribution in [2.24, 2.45) is 0 Å². The number of hydrogen-bond acceptors (Lipinski definition) is 0. The SMILES string of the molecule is [CH2]Cc1cc2c(C(F)(F)F)cc(C(F)(F)F)cc2[nH]1. The Labute approximate surface area is 104 Å². The number of rotatable bonds is 1. The van der Waals surface area contributed by atoms with Crippen LogP contribution < -0.4 is 0 Å². The van der Waals surface area contributed by atoms with Gasteiger partial charge in [-0.1, -0.05) is 0 Å². The minimum Gasteiger partial charge on any atom is -0.358 e. The van der Waals surface area contributed by atoms with Crippen LogP contribution in [0.1, 0.15) is 16.8 Å². The average molecular weight is 280 g/mol. The van der Waals surface area contributed by atoms with Gasteiger partial charge in [0.05, 0.1) is 11.1 Å². The Morgan fingerprint density at radius 3 is 2.05 bits per heavy atom. The molecule has 0 saturated carbocycles. The van der Waals surface area contributed by atoms with Gasteiger partial charge in [-0.2, -0.15) is 26.3 Å². The van der Waals surface area contributed by atoms with Crippen LogP contribution in [-0.4, -0.2) is 4.98 Å². The third kappa shape index (κ3) is 2.54. The van der Waals surface area contributed by atoms with Crippen molar-refractivity contribution in [2.45, 2.75) is 18.8 Å². The largest absolute Gasteiger partial charge is 0.417 e. The third-order valence-electron chi connectivity index (χ3n) is 2.70. The molecule has 19 heavy (non-hydrogen) atoms. The van der Waals surface area contributed by atoms with Gasteiger partial charge in [0.25, 0.3) is 0 Å². The summed E-state index contributed by atoms with van der Waals surface area (Å²) in [7, 11) is 0. The molecule has 103 valence electrons. The molecule has 1 aromatic carbocycles. The Hall–Kier alpha value is -1.66. The van der Waals surface area contributed by atoms with Crippen LogP contribution in [0.15, 0.2) is 18.2 Å². The van der Waals surface area contributed by atoms with E-state index in [1.807, 2.05) is 0 Å². The van der Waals surface area contributed by atoms with E-state index in [0.29, 0.717) is 11.8 Å². The van der Waals surface area contributed by atoms with Gasteiger partial charge in [0, 0.05) is 16.6 Å². The molecule has 0 amide bonds. The van der Waals surface area contributed by atoms with Gasteiger partial charge in [0.15, 0.2) is 0 Å². The molecule has 0 saturated heterocycles. The van der Waals surface area contributed by atoms with Crippen molar-refractivity contribution in [3.63, 3.8) is 0 Å². The molecular weight excluding hydrogens is 272 g/mol. The van der Waals surface area contributed by atoms with Gasteiger partial charge >= 0.3 is 12.4 Å². The van der Waals surface area contributed by atoms with Crippen molar-refractivity contribution in [2.75, 3.05) is 0 Å². The van der Waals surface area contributed by atoms with Crippen LogP contribution in [0.4, 0.5) is 26.3 Å². The zero-order valence-electron chi connectivity index (χ0n) is 9.41. The second-order valence-electron chi connectivity index (χ2n) is 4.03. The molecule has 1 nitrogen and oxygen atoms in total. The monoisotopic (exact) mass is 280 g/mol. The smallest absolute Gasteiger partial charge is 0.358 e. The number of aromatic nitrogens is 1. The minimum atomic E-state index is -4.85. The number of alkyl halides is 6. The highest BCUT2D eigenvalue weighted by molar-refractivity contribution is 5.85. The summed E-state index contributed by atoms with van der Waals surface area (Å²) in [6, 6.07) is 1.97. The number of hydrogen-bond donors (Lipinski definition) is 1. The Bertz CT molecular complexity index is 605. The van der Waals surface area contributed by atoms with Crippen molar-refractivity contribution in [1.82, 2.24) is 4.98 Å². The Kier molecular flexibility index (Phi) is 3.03. The van der Waals surface area contributed by atoms with E-state index in [1.165, 1.54) is 6.07 Å². The quantitative estimate of drug-likeness (QED) is 0.736. The number of H-pyrrole nitrogens is 1. The molecule has 0 aliphatic heterocycles. The molecule has 2 aromatic rings. The Morgan fingerprint density at radius 1 is 0.947 bits per heavy atom. The van der Waals surface area contributed by atoms with E-state index >= 15 is 0 Å². The normalized spacial score (nSPS) is 13.2. The topological polar surface area (TPSA) is 15.8 Å². The van der Waals surface area contributed by atoms with Crippen molar-refractivity contribution in [3.05, 3.63) is 41.9 Å². The summed E-state index contributed by atoms with van der Waals surface area (Å²) in [5.74, 6) is 0. The van der Waals surface area contributed by atoms with E-state index in [9.17, 15) is 26.3 Å². The first-order valence-electron chi connectivity index (χ1n) is 5.22. The molecule has 0 fully saturated rings. The summed E-state index contributed by atoms with van der Waals surface area (Å²) in [5.41, 5.74) is -2.47. The zero-order chi connectivity index (χ0) is 14.4. The fourth-order valence-corrected chi connectivity index (χ4v) is 1.83. The molecule has 1 radical (unpaired) electrons. The fourth-order valence-electron chi connectivity index (χ4n) is 1.83. The van der Waals surface area contributed by atoms with E-state index in [1.54, 1.807) is 0 Å². The molecule has 7 heteroatoms. The first-order valence-corrected chi connectivity index (χ1v) is 5.22. The van der Waals surface area contributed by atoms with Gasteiger partial charge in [0.1, 0.15) is 0 Å². The lowest BCUT2D eigenvalue weighted by Crippen LogP contribution is -2.10. The number of halogens is 6. The maximum atomic E-state index is 12.8. The maximum absolute atomic E-state index is 12.8. The van der Waals surface area contributed by atoms with Gasteiger partial charge in [-0.3, -0.25) is 0 Å². The first-order chi connectivity index (χ1) is 8.63. The van der Waals surface area contributed by atoms with Gasteiger partial charge in [0.2, 0.25) is 0 Å². The van der Waals surface area contributed by atoms with Crippen LogP contribution in [0.25, 0.3) is 10.9 Å². The van der Waals surface area contributed by atoms with Crippen LogP contribution in [0.5, 0.6) is 0 Å². The molecule has 0 aliphatic carbocycles. The lowest BCUT2D eigenvalue weighted by molar-refractivity contribution is -0.142. The first kappa shape index (κ1) is 13.8. The minimum absolute atomic E-state index is 0.128. The summed E-state index contributed by atoms with van der Waals surface area (Å²) in [5, 5.41) is -0.279. The molecule has 0 aliphatic rings. The molecule has 0 spiro atoms. The molecule has 2 rings (SSSR count). The summed E-state index contributed by atoms with van der Waals surface area (Å²) in [6.07, 6.45) is -9.52. The second-order valence-corrected chi connectivity index (χ2v) is 4.03. The summed E-state index contributed by atoms with van der Waals surface area (Å²) >= 11 is 0. The average Bonchev–Trinajstić information content (AvgIpc) is 2.67. The second kappa shape index (κ2) is 4.18. The molecule has 1 N–H and O–H groups in total. The van der Waals surface area contributed by atoms with E-state index in [-0.39, 0.29) is 23.4 Å². The lowest BCUT2D eigenvalue weighted by atomic mass is 10.0. The van der Waals surface area contributed by atoms with Crippen molar-refractivity contribution in [1.29, 1.82) is 0 Å². The third-order valence-corrected chi connectivity index (χ3v) is 2.70. The van der Waals surface area contributed by atoms with Crippen LogP contribution in [-0.2, 0) is 18.8 Å². The predicted molar refractivity (Wildman–Crippen MR) is 57.4 cm³/mol. The standard InChI is InChI=1S/C12H8F6N/c1-2-7-5-8-9(12(16,17)18)3-6(11(13,14)15)4-10(8)19-7/h3-5,19H,1-2H2. The summed E-state index contributed by atoms with van der Waals surface area (Å²) in [6.45, 7) is 3.48. The van der Waals surface area contributed by atoms with E-state index in [2.05, 4.69) is 11.9 Å². The molecule has 0 bridgehead atoms. The highest BCUT2D eigenvalue weighted by atomic mass is 19.4. The van der Waals surface area contributed by atoms with Crippen LogP contribution in [0.3, 0.4) is 0 Å². The van der Waals surface area contributed by atoms with Crippen LogP contribution in [0, 0.1) is 6.92 Å². The van der Waals surface area contributed by atoms with E-state index in [4.69, 9.17) is 0 Å². The molecule has 0 atom stereocenters. The summed E-state index contributed by atoms with van der Waals surface area (Å²) < 4.78 is 76.1. The summed E-state index contributed by atoms with van der Waals surface area (Å²) in [4.78, 5) is 2.51. The Morgan fingerprint density at radius 2 is 1.58 bits per heavy atom. The number of benzene rings is 1. The Balaban J connectivity index is 2.78. The predicted octanol–water partition coefficient (Wildman–Crippen LogP) is 4.58. The molecule has 0 unspecified atom stereocenters. The van der Waals surface area contributed by atoms with Crippen molar-refractivity contribution < 1.29 is 26.3 Å². The number of fused-ring (bicyclic) bond motifs is 1. The lowest BCUT2D eigenvalue weighted by Gasteiger charge is -2.12. The highest BCUT2D eigenvalue weighted by Gasteiger charge is 2.38. The van der Waals surface area contributed by atoms with Gasteiger partial charge in [-0.25, -0.2) is 0 Å². The van der Waals surface area contributed by atoms with Crippen molar-refractivity contribution >= 4 is 10.9 Å². The fraction of sp³-hybridized carbons (Fsp3) is 0.250. The van der Waals surface area contributed by atoms with Gasteiger partial charge < -0.3 is 4.98 Å². The van der Waals surface area contributed by atoms with E-state index in [0.717, 1.165) is 0 Å². The molecular formula is C12H8F6N. The molecule has 1 heterocycles. The zero-order valence-corrected chi connectivity index (χ0v) is 9.41. The van der Waals surface area contributed by atoms with Crippen molar-refractivity contribution in [3.8, 4) is 0 Å². The number of aromatic amines is 1. The highest BCUT2D eigenvalue weighted by Crippen LogP contribution is 2.40. The maximum Gasteiger partial charge on any atom is 0.417 e. The number of nitrogens with one attached hydrogen (secondary N) is 1. The molecule has 1 aromatic heterocycles. The van der Waals surface area contributed by atoms with Gasteiger partial charge in [-0.05, 0) is 31.5 Å². The van der Waals surface area contributed by atoms with Gasteiger partial charge in [-0.15, -0.1) is 0 Å². The van der Waals surface area contributed by atoms with Crippen LogP contribution in [0.2, 0.25) is 0 Å². The van der Waals surface area contributed by atoms with Crippen LogP contribution >= 0.6 is 0 Å².